The molecule has 0 unspecified atom stereocenters. The minimum Gasteiger partial charge on any atom is -0.423 e. The molecule has 0 atom stereocenters. The molecular weight excluding hydrogens is 273 g/mol. The standard InChI is InChI=1S/C13H9Cl2NO2/c1-8-2-4-10(5-3-8)18-13(17)11-6-9(14)7-16-12(11)15/h2-7H,1H3. The Morgan fingerprint density at radius 3 is 2.56 bits per heavy atom. The van der Waals surface area contributed by atoms with E-state index in [1.165, 1.54) is 12.3 Å². The topological polar surface area (TPSA) is 39.2 Å². The number of ether oxygens (including phenoxy) is 1. The second kappa shape index (κ2) is 5.38. The van der Waals surface area contributed by atoms with Gasteiger partial charge in [0.15, 0.2) is 0 Å². The first kappa shape index (κ1) is 12.9. The summed E-state index contributed by atoms with van der Waals surface area (Å²) in [4.78, 5) is 15.7. The molecule has 1 heterocycles. The molecule has 0 spiro atoms. The number of carbonyl (C=O) groups is 1. The summed E-state index contributed by atoms with van der Waals surface area (Å²) in [7, 11) is 0. The van der Waals surface area contributed by atoms with Crippen LogP contribution in [0.5, 0.6) is 5.75 Å². The Morgan fingerprint density at radius 2 is 1.89 bits per heavy atom. The average Bonchev–Trinajstić information content (AvgIpc) is 2.35. The molecule has 92 valence electrons. The van der Waals surface area contributed by atoms with Crippen LogP contribution in [0.15, 0.2) is 36.5 Å². The summed E-state index contributed by atoms with van der Waals surface area (Å²) < 4.78 is 5.17. The average molecular weight is 282 g/mol. The maximum absolute atomic E-state index is 11.9. The zero-order chi connectivity index (χ0) is 13.1. The van der Waals surface area contributed by atoms with E-state index in [2.05, 4.69) is 4.98 Å². The number of carbonyl (C=O) groups excluding carboxylic acids is 1. The molecule has 2 aromatic rings. The van der Waals surface area contributed by atoms with Crippen molar-refractivity contribution < 1.29 is 9.53 Å². The minimum absolute atomic E-state index is 0.0662. The quantitative estimate of drug-likeness (QED) is 0.476. The number of benzene rings is 1. The highest BCUT2D eigenvalue weighted by Crippen LogP contribution is 2.20. The number of rotatable bonds is 2. The van der Waals surface area contributed by atoms with E-state index in [1.807, 2.05) is 19.1 Å². The van der Waals surface area contributed by atoms with Gasteiger partial charge >= 0.3 is 5.97 Å². The van der Waals surface area contributed by atoms with Crippen LogP contribution in [0.2, 0.25) is 10.2 Å². The van der Waals surface area contributed by atoms with Crippen molar-refractivity contribution in [3.05, 3.63) is 57.8 Å². The van der Waals surface area contributed by atoms with E-state index in [1.54, 1.807) is 12.1 Å². The van der Waals surface area contributed by atoms with Crippen molar-refractivity contribution in [2.75, 3.05) is 0 Å². The zero-order valence-corrected chi connectivity index (χ0v) is 11.0. The number of esters is 1. The number of aromatic nitrogens is 1. The van der Waals surface area contributed by atoms with Crippen molar-refractivity contribution in [2.45, 2.75) is 6.92 Å². The van der Waals surface area contributed by atoms with Crippen molar-refractivity contribution in [1.29, 1.82) is 0 Å². The summed E-state index contributed by atoms with van der Waals surface area (Å²) in [6, 6.07) is 8.53. The van der Waals surface area contributed by atoms with Crippen molar-refractivity contribution in [2.24, 2.45) is 0 Å². The molecule has 0 amide bonds. The van der Waals surface area contributed by atoms with Crippen LogP contribution < -0.4 is 4.74 Å². The van der Waals surface area contributed by atoms with Gasteiger partial charge in [-0.05, 0) is 25.1 Å². The van der Waals surface area contributed by atoms with E-state index in [9.17, 15) is 4.79 Å². The molecule has 1 aromatic heterocycles. The lowest BCUT2D eigenvalue weighted by molar-refractivity contribution is 0.0734. The maximum Gasteiger partial charge on any atom is 0.346 e. The Hall–Kier alpha value is -1.58. The van der Waals surface area contributed by atoms with Gasteiger partial charge in [0.1, 0.15) is 10.9 Å². The van der Waals surface area contributed by atoms with Crippen LogP contribution in [0, 0.1) is 6.92 Å². The van der Waals surface area contributed by atoms with Gasteiger partial charge in [0, 0.05) is 6.20 Å². The van der Waals surface area contributed by atoms with Gasteiger partial charge in [0.25, 0.3) is 0 Å². The Morgan fingerprint density at radius 1 is 1.22 bits per heavy atom. The van der Waals surface area contributed by atoms with E-state index < -0.39 is 5.97 Å². The van der Waals surface area contributed by atoms with E-state index in [-0.39, 0.29) is 10.7 Å². The van der Waals surface area contributed by atoms with Gasteiger partial charge < -0.3 is 4.74 Å². The third-order valence-corrected chi connectivity index (χ3v) is 2.77. The number of pyridine rings is 1. The summed E-state index contributed by atoms with van der Waals surface area (Å²) >= 11 is 11.6. The Balaban J connectivity index is 2.21. The predicted molar refractivity (Wildman–Crippen MR) is 70.4 cm³/mol. The highest BCUT2D eigenvalue weighted by Gasteiger charge is 2.14. The first-order valence-corrected chi connectivity index (χ1v) is 5.92. The molecule has 0 saturated carbocycles. The fourth-order valence-electron chi connectivity index (χ4n) is 1.33. The predicted octanol–water partition coefficient (Wildman–Crippen LogP) is 3.92. The third kappa shape index (κ3) is 3.00. The third-order valence-electron chi connectivity index (χ3n) is 2.26. The molecule has 0 bridgehead atoms. The van der Waals surface area contributed by atoms with E-state index in [0.29, 0.717) is 10.8 Å². The second-order valence-corrected chi connectivity index (χ2v) is 4.49. The molecule has 18 heavy (non-hydrogen) atoms. The fourth-order valence-corrected chi connectivity index (χ4v) is 1.67. The van der Waals surface area contributed by atoms with Gasteiger partial charge in [-0.25, -0.2) is 9.78 Å². The van der Waals surface area contributed by atoms with Crippen molar-refractivity contribution in [3.63, 3.8) is 0 Å². The van der Waals surface area contributed by atoms with Gasteiger partial charge in [0.05, 0.1) is 10.6 Å². The number of aryl methyl sites for hydroxylation is 1. The molecule has 0 aliphatic carbocycles. The summed E-state index contributed by atoms with van der Waals surface area (Å²) in [6.07, 6.45) is 1.37. The summed E-state index contributed by atoms with van der Waals surface area (Å²) in [5, 5.41) is 0.395. The van der Waals surface area contributed by atoms with Crippen LogP contribution in [0.4, 0.5) is 0 Å². The smallest absolute Gasteiger partial charge is 0.346 e. The molecule has 5 heteroatoms. The van der Waals surface area contributed by atoms with Crippen LogP contribution in [-0.4, -0.2) is 11.0 Å². The van der Waals surface area contributed by atoms with Gasteiger partial charge in [-0.15, -0.1) is 0 Å². The normalized spacial score (nSPS) is 10.2. The van der Waals surface area contributed by atoms with Crippen LogP contribution in [0.25, 0.3) is 0 Å². The number of halogens is 2. The molecule has 1 aromatic carbocycles. The summed E-state index contributed by atoms with van der Waals surface area (Å²) in [5.41, 5.74) is 1.22. The molecule has 0 aliphatic heterocycles. The highest BCUT2D eigenvalue weighted by molar-refractivity contribution is 6.34. The van der Waals surface area contributed by atoms with E-state index in [0.717, 1.165) is 5.56 Å². The monoisotopic (exact) mass is 281 g/mol. The lowest BCUT2D eigenvalue weighted by Gasteiger charge is -2.05. The van der Waals surface area contributed by atoms with Crippen LogP contribution in [0.3, 0.4) is 0 Å². The number of hydrogen-bond acceptors (Lipinski definition) is 3. The Kier molecular flexibility index (Phi) is 3.84. The van der Waals surface area contributed by atoms with Gasteiger partial charge in [-0.3, -0.25) is 0 Å². The van der Waals surface area contributed by atoms with Gasteiger partial charge in [-0.1, -0.05) is 40.9 Å². The first-order chi connectivity index (χ1) is 8.56. The Labute approximate surface area is 114 Å². The van der Waals surface area contributed by atoms with Gasteiger partial charge in [-0.2, -0.15) is 0 Å². The minimum atomic E-state index is -0.584. The number of hydrogen-bond donors (Lipinski definition) is 0. The SMILES string of the molecule is Cc1ccc(OC(=O)c2cc(Cl)cnc2Cl)cc1. The van der Waals surface area contributed by atoms with Crippen LogP contribution in [-0.2, 0) is 0 Å². The summed E-state index contributed by atoms with van der Waals surface area (Å²) in [5.74, 6) is -0.138. The molecule has 3 nitrogen and oxygen atoms in total. The Bertz CT molecular complexity index is 582. The zero-order valence-electron chi connectivity index (χ0n) is 9.48. The highest BCUT2D eigenvalue weighted by atomic mass is 35.5. The summed E-state index contributed by atoms with van der Waals surface area (Å²) in [6.45, 7) is 1.95. The molecule has 0 N–H and O–H groups in total. The molecule has 0 fully saturated rings. The molecule has 0 saturated heterocycles. The fraction of sp³-hybridized carbons (Fsp3) is 0.0769. The van der Waals surface area contributed by atoms with Gasteiger partial charge in [0.2, 0.25) is 0 Å². The van der Waals surface area contributed by atoms with Crippen molar-refractivity contribution in [3.8, 4) is 5.75 Å². The molecular formula is C13H9Cl2NO2. The lowest BCUT2D eigenvalue weighted by atomic mass is 10.2. The first-order valence-electron chi connectivity index (χ1n) is 5.16. The molecule has 0 aliphatic rings. The molecule has 2 rings (SSSR count). The second-order valence-electron chi connectivity index (χ2n) is 3.69. The van der Waals surface area contributed by atoms with Crippen LogP contribution in [0.1, 0.15) is 15.9 Å². The maximum atomic E-state index is 11.9. The van der Waals surface area contributed by atoms with Crippen molar-refractivity contribution >= 4 is 29.2 Å². The largest absolute Gasteiger partial charge is 0.423 e. The van der Waals surface area contributed by atoms with E-state index in [4.69, 9.17) is 27.9 Å². The van der Waals surface area contributed by atoms with E-state index >= 15 is 0 Å². The van der Waals surface area contributed by atoms with Crippen LogP contribution >= 0.6 is 23.2 Å². The lowest BCUT2D eigenvalue weighted by Crippen LogP contribution is -2.09. The van der Waals surface area contributed by atoms with Crippen molar-refractivity contribution in [1.82, 2.24) is 4.98 Å². The number of nitrogens with zero attached hydrogens (tertiary/aromatic N) is 1. The molecule has 0 radical (unpaired) electrons.